The van der Waals surface area contributed by atoms with E-state index in [1.165, 1.54) is 19.2 Å². The largest absolute Gasteiger partial charge is 0.494 e. The van der Waals surface area contributed by atoms with Crippen molar-refractivity contribution in [1.29, 1.82) is 0 Å². The zero-order chi connectivity index (χ0) is 15.5. The molecule has 22 heavy (non-hydrogen) atoms. The van der Waals surface area contributed by atoms with Crippen LogP contribution in [0.2, 0.25) is 0 Å². The SMILES string of the molecule is COc1cc([N+](=O)[O-])ccc1N1CCC(C2OC=CO2)CC1. The van der Waals surface area contributed by atoms with Gasteiger partial charge in [0.25, 0.3) is 5.69 Å². The number of anilines is 1. The second-order valence-corrected chi connectivity index (χ2v) is 5.35. The van der Waals surface area contributed by atoms with E-state index in [0.717, 1.165) is 31.6 Å². The monoisotopic (exact) mass is 306 g/mol. The molecule has 0 saturated carbocycles. The first kappa shape index (κ1) is 14.5. The van der Waals surface area contributed by atoms with Crippen LogP contribution in [-0.4, -0.2) is 31.4 Å². The number of hydrogen-bond donors (Lipinski definition) is 0. The van der Waals surface area contributed by atoms with Crippen molar-refractivity contribution in [2.24, 2.45) is 5.92 Å². The van der Waals surface area contributed by atoms with Crippen LogP contribution in [0.3, 0.4) is 0 Å². The lowest BCUT2D eigenvalue weighted by Crippen LogP contribution is -2.38. The average molecular weight is 306 g/mol. The van der Waals surface area contributed by atoms with Crippen LogP contribution in [-0.2, 0) is 9.47 Å². The quantitative estimate of drug-likeness (QED) is 0.629. The molecular formula is C15H18N2O5. The molecule has 1 fully saturated rings. The lowest BCUT2D eigenvalue weighted by atomic mass is 9.95. The van der Waals surface area contributed by atoms with Crippen molar-refractivity contribution >= 4 is 11.4 Å². The molecule has 118 valence electrons. The summed E-state index contributed by atoms with van der Waals surface area (Å²) >= 11 is 0. The van der Waals surface area contributed by atoms with Crippen molar-refractivity contribution in [3.05, 3.63) is 40.8 Å². The van der Waals surface area contributed by atoms with E-state index >= 15 is 0 Å². The van der Waals surface area contributed by atoms with Crippen LogP contribution < -0.4 is 9.64 Å². The zero-order valence-corrected chi connectivity index (χ0v) is 12.3. The van der Waals surface area contributed by atoms with Crippen LogP contribution in [0, 0.1) is 16.0 Å². The summed E-state index contributed by atoms with van der Waals surface area (Å²) in [6.07, 6.45) is 4.85. The highest BCUT2D eigenvalue weighted by Crippen LogP contribution is 2.35. The van der Waals surface area contributed by atoms with Gasteiger partial charge in [0.05, 0.1) is 23.8 Å². The molecule has 1 aromatic rings. The molecule has 2 heterocycles. The standard InChI is InChI=1S/C15H18N2O5/c1-20-14-10-12(17(18)19)2-3-13(14)16-6-4-11(5-7-16)15-21-8-9-22-15/h2-3,8-11,15H,4-7H2,1H3. The first-order chi connectivity index (χ1) is 10.7. The molecule has 0 N–H and O–H groups in total. The third kappa shape index (κ3) is 2.79. The van der Waals surface area contributed by atoms with Crippen LogP contribution >= 0.6 is 0 Å². The Kier molecular flexibility index (Phi) is 4.04. The van der Waals surface area contributed by atoms with Crippen LogP contribution in [0.15, 0.2) is 30.7 Å². The van der Waals surface area contributed by atoms with E-state index in [2.05, 4.69) is 4.90 Å². The molecule has 0 aliphatic carbocycles. The van der Waals surface area contributed by atoms with E-state index in [-0.39, 0.29) is 12.0 Å². The number of nitro groups is 1. The second kappa shape index (κ2) is 6.13. The number of nitrogens with zero attached hydrogens (tertiary/aromatic N) is 2. The highest BCUT2D eigenvalue weighted by molar-refractivity contribution is 5.62. The molecule has 3 rings (SSSR count). The van der Waals surface area contributed by atoms with Gasteiger partial charge in [-0.1, -0.05) is 0 Å². The highest BCUT2D eigenvalue weighted by atomic mass is 16.7. The van der Waals surface area contributed by atoms with Gasteiger partial charge in [-0.15, -0.1) is 0 Å². The maximum Gasteiger partial charge on any atom is 0.273 e. The Morgan fingerprint density at radius 1 is 1.27 bits per heavy atom. The highest BCUT2D eigenvalue weighted by Gasteiger charge is 2.30. The van der Waals surface area contributed by atoms with Gasteiger partial charge in [0.1, 0.15) is 18.3 Å². The summed E-state index contributed by atoms with van der Waals surface area (Å²) in [6.45, 7) is 1.67. The molecule has 0 aromatic heterocycles. The summed E-state index contributed by atoms with van der Waals surface area (Å²) in [5.74, 6) is 0.887. The van der Waals surface area contributed by atoms with Gasteiger partial charge in [-0.25, -0.2) is 0 Å². The van der Waals surface area contributed by atoms with Crippen molar-refractivity contribution in [2.45, 2.75) is 19.1 Å². The van der Waals surface area contributed by atoms with Gasteiger partial charge in [-0.05, 0) is 18.9 Å². The number of piperidine rings is 1. The molecule has 0 bridgehead atoms. The molecule has 1 saturated heterocycles. The minimum Gasteiger partial charge on any atom is -0.494 e. The fraction of sp³-hybridized carbons (Fsp3) is 0.467. The number of non-ortho nitro benzene ring substituents is 1. The van der Waals surface area contributed by atoms with E-state index in [1.54, 1.807) is 18.6 Å². The van der Waals surface area contributed by atoms with Gasteiger partial charge in [0.2, 0.25) is 6.29 Å². The normalized spacial score (nSPS) is 18.9. The van der Waals surface area contributed by atoms with Crippen molar-refractivity contribution in [2.75, 3.05) is 25.1 Å². The molecule has 7 heteroatoms. The number of benzene rings is 1. The Hall–Kier alpha value is -2.44. The number of rotatable bonds is 4. The lowest BCUT2D eigenvalue weighted by molar-refractivity contribution is -0.384. The molecule has 0 atom stereocenters. The van der Waals surface area contributed by atoms with Gasteiger partial charge < -0.3 is 19.1 Å². The van der Waals surface area contributed by atoms with Crippen molar-refractivity contribution in [1.82, 2.24) is 0 Å². The van der Waals surface area contributed by atoms with Crippen LogP contribution in [0.4, 0.5) is 11.4 Å². The second-order valence-electron chi connectivity index (χ2n) is 5.35. The van der Waals surface area contributed by atoms with Gasteiger partial charge in [-0.3, -0.25) is 10.1 Å². The van der Waals surface area contributed by atoms with E-state index in [9.17, 15) is 10.1 Å². The number of hydrogen-bond acceptors (Lipinski definition) is 6. The zero-order valence-electron chi connectivity index (χ0n) is 12.3. The Morgan fingerprint density at radius 3 is 2.55 bits per heavy atom. The number of methoxy groups -OCH3 is 1. The van der Waals surface area contributed by atoms with Gasteiger partial charge in [-0.2, -0.15) is 0 Å². The Labute approximate surface area is 128 Å². The molecule has 1 aromatic carbocycles. The third-order valence-electron chi connectivity index (χ3n) is 4.12. The van der Waals surface area contributed by atoms with E-state index < -0.39 is 4.92 Å². The summed E-state index contributed by atoms with van der Waals surface area (Å²) in [4.78, 5) is 12.6. The molecule has 0 amide bonds. The third-order valence-corrected chi connectivity index (χ3v) is 4.12. The van der Waals surface area contributed by atoms with Gasteiger partial charge >= 0.3 is 0 Å². The topological polar surface area (TPSA) is 74.1 Å². The van der Waals surface area contributed by atoms with E-state index in [0.29, 0.717) is 11.7 Å². The summed E-state index contributed by atoms with van der Waals surface area (Å²) in [5.41, 5.74) is 0.923. The molecule has 0 radical (unpaired) electrons. The van der Waals surface area contributed by atoms with Crippen molar-refractivity contribution in [3.8, 4) is 5.75 Å². The Morgan fingerprint density at radius 2 is 1.95 bits per heavy atom. The summed E-state index contributed by atoms with van der Waals surface area (Å²) in [6, 6.07) is 4.73. The van der Waals surface area contributed by atoms with Crippen molar-refractivity contribution in [3.63, 3.8) is 0 Å². The predicted octanol–water partition coefficient (Wildman–Crippen LogP) is 2.66. The maximum absolute atomic E-state index is 10.8. The maximum atomic E-state index is 10.8. The van der Waals surface area contributed by atoms with E-state index in [4.69, 9.17) is 14.2 Å². The number of nitro benzene ring substituents is 1. The minimum atomic E-state index is -0.416. The fourth-order valence-electron chi connectivity index (χ4n) is 2.93. The molecule has 0 spiro atoms. The molecule has 0 unspecified atom stereocenters. The first-order valence-corrected chi connectivity index (χ1v) is 7.22. The first-order valence-electron chi connectivity index (χ1n) is 7.22. The summed E-state index contributed by atoms with van der Waals surface area (Å²) in [7, 11) is 1.53. The Balaban J connectivity index is 1.69. The fourth-order valence-corrected chi connectivity index (χ4v) is 2.93. The molecule has 7 nitrogen and oxygen atoms in total. The molecule has 2 aliphatic heterocycles. The smallest absolute Gasteiger partial charge is 0.273 e. The summed E-state index contributed by atoms with van der Waals surface area (Å²) in [5, 5.41) is 10.8. The van der Waals surface area contributed by atoms with Crippen LogP contribution in [0.25, 0.3) is 0 Å². The van der Waals surface area contributed by atoms with E-state index in [1.807, 2.05) is 0 Å². The predicted molar refractivity (Wildman–Crippen MR) is 79.7 cm³/mol. The lowest BCUT2D eigenvalue weighted by Gasteiger charge is -2.35. The summed E-state index contributed by atoms with van der Waals surface area (Å²) < 4.78 is 16.1. The minimum absolute atomic E-state index is 0.0364. The average Bonchev–Trinajstić information content (AvgIpc) is 3.09. The van der Waals surface area contributed by atoms with Gasteiger partial charge in [0.15, 0.2) is 0 Å². The van der Waals surface area contributed by atoms with Crippen LogP contribution in [0.5, 0.6) is 5.75 Å². The van der Waals surface area contributed by atoms with Crippen molar-refractivity contribution < 1.29 is 19.1 Å². The number of ether oxygens (including phenoxy) is 3. The van der Waals surface area contributed by atoms with Crippen LogP contribution in [0.1, 0.15) is 12.8 Å². The molecular weight excluding hydrogens is 288 g/mol. The Bertz CT molecular complexity index is 573. The molecule has 2 aliphatic rings. The van der Waals surface area contributed by atoms with Gasteiger partial charge in [0, 0.05) is 25.1 Å².